The maximum absolute atomic E-state index is 12.1. The molecule has 0 unspecified atom stereocenters. The molecule has 6 heterocycles. The first kappa shape index (κ1) is 30.5. The minimum absolute atomic E-state index is 0.0327. The molecule has 0 radical (unpaired) electrons. The number of aromatic amines is 2. The maximum Gasteiger partial charge on any atom is 0.330 e. The predicted molar refractivity (Wildman–Crippen MR) is 148 cm³/mol. The number of ether oxygens (including phenoxy) is 2. The van der Waals surface area contributed by atoms with Crippen LogP contribution < -0.4 is 22.5 Å². The normalized spacial score (nSPS) is 27.1. The molecule has 0 bridgehead atoms. The molecule has 0 amide bonds. The molecular formula is C26H24N10O10. The van der Waals surface area contributed by atoms with Crippen molar-refractivity contribution in [3.8, 4) is 23.7 Å². The number of hydrogen-bond donors (Lipinski definition) is 6. The van der Waals surface area contributed by atoms with Gasteiger partial charge in [0.2, 0.25) is 0 Å². The number of hydrogen-bond acceptors (Lipinski definition) is 14. The highest BCUT2D eigenvalue weighted by atomic mass is 16.6. The van der Waals surface area contributed by atoms with E-state index < -0.39 is 71.6 Å². The zero-order chi connectivity index (χ0) is 32.5. The van der Waals surface area contributed by atoms with Crippen LogP contribution in [0.3, 0.4) is 0 Å². The van der Waals surface area contributed by atoms with Gasteiger partial charge < -0.3 is 29.9 Å². The minimum atomic E-state index is -1.45. The van der Waals surface area contributed by atoms with Gasteiger partial charge in [-0.1, -0.05) is 10.4 Å². The Bertz CT molecular complexity index is 1960. The van der Waals surface area contributed by atoms with Crippen molar-refractivity contribution in [1.82, 2.24) is 49.1 Å². The monoisotopic (exact) mass is 636 g/mol. The third-order valence-electron chi connectivity index (χ3n) is 7.18. The van der Waals surface area contributed by atoms with E-state index >= 15 is 0 Å². The summed E-state index contributed by atoms with van der Waals surface area (Å²) in [7, 11) is 0. The van der Waals surface area contributed by atoms with Gasteiger partial charge in [0.15, 0.2) is 23.8 Å². The third-order valence-corrected chi connectivity index (χ3v) is 7.18. The molecule has 2 fully saturated rings. The van der Waals surface area contributed by atoms with Gasteiger partial charge in [0, 0.05) is 24.5 Å². The van der Waals surface area contributed by atoms with E-state index in [9.17, 15) is 39.6 Å². The van der Waals surface area contributed by atoms with Crippen LogP contribution in [0.25, 0.3) is 0 Å². The quantitative estimate of drug-likeness (QED) is 0.108. The van der Waals surface area contributed by atoms with Crippen molar-refractivity contribution in [2.75, 3.05) is 0 Å². The number of H-pyrrole nitrogens is 2. The van der Waals surface area contributed by atoms with Crippen molar-refractivity contribution in [2.24, 2.45) is 0 Å². The van der Waals surface area contributed by atoms with Gasteiger partial charge in [-0.25, -0.2) is 19.0 Å². The van der Waals surface area contributed by atoms with Gasteiger partial charge in [-0.05, 0) is 23.7 Å². The number of aliphatic hydroxyl groups is 4. The largest absolute Gasteiger partial charge is 0.387 e. The summed E-state index contributed by atoms with van der Waals surface area (Å²) in [5.41, 5.74) is -2.36. The van der Waals surface area contributed by atoms with Crippen molar-refractivity contribution in [2.45, 2.75) is 62.2 Å². The van der Waals surface area contributed by atoms with Gasteiger partial charge in [-0.15, -0.1) is 10.2 Å². The average molecular weight is 637 g/mol. The average Bonchev–Trinajstić information content (AvgIpc) is 3.78. The van der Waals surface area contributed by atoms with Crippen molar-refractivity contribution in [3.05, 3.63) is 90.0 Å². The Hall–Kier alpha value is -5.48. The molecule has 2 aliphatic rings. The zero-order valence-corrected chi connectivity index (χ0v) is 23.3. The Morgan fingerprint density at radius 3 is 1.48 bits per heavy atom. The molecule has 6 N–H and O–H groups in total. The second-order valence-corrected chi connectivity index (χ2v) is 10.3. The molecule has 20 nitrogen and oxygen atoms in total. The fourth-order valence-corrected chi connectivity index (χ4v) is 4.92. The summed E-state index contributed by atoms with van der Waals surface area (Å²) in [6, 6.07) is 2.18. The molecule has 0 aliphatic carbocycles. The van der Waals surface area contributed by atoms with Crippen LogP contribution in [0, 0.1) is 23.7 Å². The summed E-state index contributed by atoms with van der Waals surface area (Å²) in [5.74, 6) is 10.6. The van der Waals surface area contributed by atoms with Crippen LogP contribution in [-0.4, -0.2) is 106 Å². The van der Waals surface area contributed by atoms with E-state index in [1.807, 2.05) is 0 Å². The Morgan fingerprint density at radius 1 is 0.674 bits per heavy atom. The van der Waals surface area contributed by atoms with E-state index in [2.05, 4.69) is 54.3 Å². The number of rotatable bonds is 6. The van der Waals surface area contributed by atoms with Gasteiger partial charge in [0.25, 0.3) is 11.1 Å². The molecule has 46 heavy (non-hydrogen) atoms. The maximum atomic E-state index is 12.1. The Kier molecular flexibility index (Phi) is 8.29. The summed E-state index contributed by atoms with van der Waals surface area (Å²) < 4.78 is 15.9. The molecule has 0 saturated carbocycles. The molecule has 2 aliphatic heterocycles. The molecule has 8 atom stereocenters. The smallest absolute Gasteiger partial charge is 0.330 e. The first-order valence-electron chi connectivity index (χ1n) is 13.6. The van der Waals surface area contributed by atoms with E-state index in [1.165, 1.54) is 21.8 Å². The highest BCUT2D eigenvalue weighted by molar-refractivity contribution is 5.38. The summed E-state index contributed by atoms with van der Waals surface area (Å²) in [6.07, 6.45) is -4.76. The van der Waals surface area contributed by atoms with Crippen LogP contribution in [0.1, 0.15) is 23.8 Å². The fourth-order valence-electron chi connectivity index (χ4n) is 4.92. The number of aromatic nitrogens is 10. The van der Waals surface area contributed by atoms with Crippen LogP contribution in [0.15, 0.2) is 56.1 Å². The molecule has 4 aromatic heterocycles. The van der Waals surface area contributed by atoms with Crippen molar-refractivity contribution in [1.29, 1.82) is 0 Å². The van der Waals surface area contributed by atoms with E-state index in [-0.39, 0.29) is 24.5 Å². The lowest BCUT2D eigenvalue weighted by atomic mass is 10.1. The minimum Gasteiger partial charge on any atom is -0.387 e. The van der Waals surface area contributed by atoms with Gasteiger partial charge in [0.05, 0.1) is 25.5 Å². The summed E-state index contributed by atoms with van der Waals surface area (Å²) in [6.45, 7) is -0.0653. The van der Waals surface area contributed by atoms with Crippen LogP contribution in [0.2, 0.25) is 0 Å². The highest BCUT2D eigenvalue weighted by Crippen LogP contribution is 2.30. The molecule has 0 aromatic carbocycles. The molecule has 20 heteroatoms. The lowest BCUT2D eigenvalue weighted by molar-refractivity contribution is -0.0450. The molecule has 0 spiro atoms. The second kappa shape index (κ2) is 12.5. The van der Waals surface area contributed by atoms with E-state index in [0.717, 1.165) is 33.7 Å². The molecule has 6 rings (SSSR count). The van der Waals surface area contributed by atoms with Crippen LogP contribution >= 0.6 is 0 Å². The Labute approximate surface area is 255 Å². The predicted octanol–water partition coefficient (Wildman–Crippen LogP) is -5.39. The fraction of sp³-hybridized carbons (Fsp3) is 0.385. The Morgan fingerprint density at radius 2 is 1.09 bits per heavy atom. The van der Waals surface area contributed by atoms with Gasteiger partial charge in [-0.2, -0.15) is 0 Å². The van der Waals surface area contributed by atoms with Gasteiger partial charge in [-0.3, -0.25) is 28.7 Å². The second-order valence-electron chi connectivity index (χ2n) is 10.3. The highest BCUT2D eigenvalue weighted by Gasteiger charge is 2.45. The summed E-state index contributed by atoms with van der Waals surface area (Å²) in [4.78, 5) is 50.9. The number of nitrogens with one attached hydrogen (secondary N) is 2. The van der Waals surface area contributed by atoms with Crippen LogP contribution in [0.4, 0.5) is 0 Å². The van der Waals surface area contributed by atoms with Crippen LogP contribution in [0.5, 0.6) is 0 Å². The van der Waals surface area contributed by atoms with Crippen molar-refractivity contribution >= 4 is 0 Å². The van der Waals surface area contributed by atoms with E-state index in [1.54, 1.807) is 0 Å². The molecule has 4 aromatic rings. The number of aliphatic hydroxyl groups excluding tert-OH is 4. The van der Waals surface area contributed by atoms with Gasteiger partial charge in [0.1, 0.15) is 36.6 Å². The van der Waals surface area contributed by atoms with Crippen LogP contribution in [-0.2, 0) is 22.6 Å². The zero-order valence-electron chi connectivity index (χ0n) is 23.3. The SMILES string of the molecule is O=c1ccn([C@@H]2O[C@H](Cn3cc(C#CC#Cc4cn(C[C@H]5O[C@@H](n6ccc(=O)[nH]c6=O)[C@H](O)[C@@H]5O)nn4)nn3)[C@@H](O)[C@H]2O)c(=O)[nH]1. The van der Waals surface area contributed by atoms with Gasteiger partial charge >= 0.3 is 11.4 Å². The summed E-state index contributed by atoms with van der Waals surface area (Å²) >= 11 is 0. The van der Waals surface area contributed by atoms with E-state index in [0.29, 0.717) is 0 Å². The number of nitrogens with zero attached hydrogens (tertiary/aromatic N) is 8. The summed E-state index contributed by atoms with van der Waals surface area (Å²) in [5, 5.41) is 57.3. The Balaban J connectivity index is 1.04. The lowest BCUT2D eigenvalue weighted by Crippen LogP contribution is -2.37. The standard InChI is InChI=1S/C26H24N10O10/c37-17-5-7-35(25(43)27-17)23-21(41)19(39)15(45-23)11-33-9-13(29-31-33)3-1-2-4-14-10-34(32-30-14)12-16-20(40)22(42)24(46-16)36-8-6-18(38)28-26(36)44/h5-10,15-16,19-24,39-42H,11-12H2,(H,27,37,43)(H,28,38,44)/t15-,16-,19-,20-,21-,22-,23-,24-/m1/s1. The first-order chi connectivity index (χ1) is 22.1. The molecule has 2 saturated heterocycles. The third kappa shape index (κ3) is 6.20. The van der Waals surface area contributed by atoms with Crippen molar-refractivity contribution < 1.29 is 29.9 Å². The molecule has 238 valence electrons. The van der Waals surface area contributed by atoms with E-state index in [4.69, 9.17) is 9.47 Å². The van der Waals surface area contributed by atoms with Crippen molar-refractivity contribution in [3.63, 3.8) is 0 Å². The first-order valence-corrected chi connectivity index (χ1v) is 13.6. The topological polar surface area (TPSA) is 271 Å². The molecular weight excluding hydrogens is 612 g/mol. The lowest BCUT2D eigenvalue weighted by Gasteiger charge is -2.16.